The predicted molar refractivity (Wildman–Crippen MR) is 67.8 cm³/mol. The second-order valence-corrected chi connectivity index (χ2v) is 4.58. The van der Waals surface area contributed by atoms with Crippen molar-refractivity contribution in [3.05, 3.63) is 23.8 Å². The zero-order valence-electron chi connectivity index (χ0n) is 10.9. The number of phenols is 2. The van der Waals surface area contributed by atoms with Crippen LogP contribution in [0.15, 0.2) is 18.2 Å². The maximum atomic E-state index is 11.8. The van der Waals surface area contributed by atoms with E-state index in [1.807, 2.05) is 20.8 Å². The van der Waals surface area contributed by atoms with Crippen LogP contribution in [0.25, 0.3) is 0 Å². The van der Waals surface area contributed by atoms with Crippen LogP contribution in [0.1, 0.15) is 31.1 Å². The Morgan fingerprint density at radius 1 is 1.39 bits per heavy atom. The lowest BCUT2D eigenvalue weighted by atomic mass is 10.1. The monoisotopic (exact) mass is 253 g/mol. The van der Waals surface area contributed by atoms with Crippen molar-refractivity contribution in [3.63, 3.8) is 0 Å². The molecule has 0 saturated heterocycles. The van der Waals surface area contributed by atoms with Gasteiger partial charge in [0.05, 0.1) is 11.2 Å². The summed E-state index contributed by atoms with van der Waals surface area (Å²) in [6.07, 6.45) is 0. The van der Waals surface area contributed by atoms with Gasteiger partial charge in [0.1, 0.15) is 11.5 Å². The van der Waals surface area contributed by atoms with Gasteiger partial charge in [-0.2, -0.15) is 0 Å². The largest absolute Gasteiger partial charge is 0.508 e. The SMILES string of the molecule is CCOC(C)(C)CNC(=O)c1cc(O)ccc1O. The first-order valence-electron chi connectivity index (χ1n) is 5.80. The van der Waals surface area contributed by atoms with Crippen molar-refractivity contribution < 1.29 is 19.7 Å². The molecule has 0 saturated carbocycles. The molecule has 0 unspecified atom stereocenters. The van der Waals surface area contributed by atoms with Gasteiger partial charge in [-0.1, -0.05) is 0 Å². The van der Waals surface area contributed by atoms with Gasteiger partial charge in [0.25, 0.3) is 5.91 Å². The van der Waals surface area contributed by atoms with E-state index in [0.29, 0.717) is 13.2 Å². The number of rotatable bonds is 5. The van der Waals surface area contributed by atoms with E-state index in [1.165, 1.54) is 18.2 Å². The summed E-state index contributed by atoms with van der Waals surface area (Å²) in [6.45, 7) is 6.47. The second-order valence-electron chi connectivity index (χ2n) is 4.58. The minimum atomic E-state index is -0.475. The fourth-order valence-electron chi connectivity index (χ4n) is 1.54. The number of carbonyl (C=O) groups excluding carboxylic acids is 1. The molecule has 5 nitrogen and oxygen atoms in total. The Morgan fingerprint density at radius 2 is 2.06 bits per heavy atom. The summed E-state index contributed by atoms with van der Waals surface area (Å²) < 4.78 is 5.44. The second kappa shape index (κ2) is 5.73. The van der Waals surface area contributed by atoms with Crippen molar-refractivity contribution in [3.8, 4) is 11.5 Å². The quantitative estimate of drug-likeness (QED) is 0.697. The number of hydrogen-bond donors (Lipinski definition) is 3. The molecule has 0 atom stereocenters. The molecule has 0 bridgehead atoms. The molecule has 0 aliphatic rings. The van der Waals surface area contributed by atoms with Crippen molar-refractivity contribution in [2.75, 3.05) is 13.2 Å². The summed E-state index contributed by atoms with van der Waals surface area (Å²) >= 11 is 0. The first-order chi connectivity index (χ1) is 8.35. The van der Waals surface area contributed by atoms with Gasteiger partial charge in [-0.3, -0.25) is 4.79 Å². The highest BCUT2D eigenvalue weighted by molar-refractivity contribution is 5.97. The van der Waals surface area contributed by atoms with Crippen molar-refractivity contribution in [1.82, 2.24) is 5.32 Å². The average Bonchev–Trinajstić information content (AvgIpc) is 2.29. The molecule has 1 rings (SSSR count). The molecule has 3 N–H and O–H groups in total. The molecule has 0 spiro atoms. The van der Waals surface area contributed by atoms with Crippen LogP contribution < -0.4 is 5.32 Å². The molecule has 0 heterocycles. The molecular weight excluding hydrogens is 234 g/mol. The highest BCUT2D eigenvalue weighted by Gasteiger charge is 2.20. The normalized spacial score (nSPS) is 11.3. The minimum Gasteiger partial charge on any atom is -0.508 e. The number of phenolic OH excluding ortho intramolecular Hbond substituents is 2. The van der Waals surface area contributed by atoms with Crippen molar-refractivity contribution in [1.29, 1.82) is 0 Å². The van der Waals surface area contributed by atoms with Gasteiger partial charge < -0.3 is 20.3 Å². The molecule has 0 aliphatic carbocycles. The molecule has 1 amide bonds. The van der Waals surface area contributed by atoms with E-state index in [9.17, 15) is 15.0 Å². The van der Waals surface area contributed by atoms with E-state index < -0.39 is 11.5 Å². The van der Waals surface area contributed by atoms with E-state index >= 15 is 0 Å². The van der Waals surface area contributed by atoms with Crippen LogP contribution in [0.2, 0.25) is 0 Å². The summed E-state index contributed by atoms with van der Waals surface area (Å²) in [5.74, 6) is -0.683. The third-order valence-corrected chi connectivity index (χ3v) is 2.43. The number of aromatic hydroxyl groups is 2. The van der Waals surface area contributed by atoms with Crippen LogP contribution in [0.4, 0.5) is 0 Å². The van der Waals surface area contributed by atoms with Crippen molar-refractivity contribution in [2.24, 2.45) is 0 Å². The summed E-state index contributed by atoms with van der Waals surface area (Å²) in [7, 11) is 0. The van der Waals surface area contributed by atoms with Crippen LogP contribution in [-0.4, -0.2) is 34.9 Å². The maximum Gasteiger partial charge on any atom is 0.255 e. The highest BCUT2D eigenvalue weighted by atomic mass is 16.5. The third kappa shape index (κ3) is 3.92. The van der Waals surface area contributed by atoms with E-state index in [-0.39, 0.29) is 17.1 Å². The lowest BCUT2D eigenvalue weighted by Gasteiger charge is -2.24. The van der Waals surface area contributed by atoms with Gasteiger partial charge in [-0.15, -0.1) is 0 Å². The first-order valence-corrected chi connectivity index (χ1v) is 5.80. The van der Waals surface area contributed by atoms with Gasteiger partial charge in [-0.25, -0.2) is 0 Å². The van der Waals surface area contributed by atoms with E-state index in [4.69, 9.17) is 4.74 Å². The Labute approximate surface area is 106 Å². The van der Waals surface area contributed by atoms with Crippen LogP contribution in [0.5, 0.6) is 11.5 Å². The molecule has 18 heavy (non-hydrogen) atoms. The number of benzene rings is 1. The molecule has 100 valence electrons. The van der Waals surface area contributed by atoms with E-state index in [2.05, 4.69) is 5.32 Å². The van der Waals surface area contributed by atoms with Gasteiger partial charge in [0.2, 0.25) is 0 Å². The molecular formula is C13H19NO4. The van der Waals surface area contributed by atoms with Crippen LogP contribution in [0, 0.1) is 0 Å². The Hall–Kier alpha value is -1.75. The molecule has 5 heteroatoms. The van der Waals surface area contributed by atoms with Crippen molar-refractivity contribution in [2.45, 2.75) is 26.4 Å². The average molecular weight is 253 g/mol. The third-order valence-electron chi connectivity index (χ3n) is 2.43. The zero-order chi connectivity index (χ0) is 13.8. The van der Waals surface area contributed by atoms with Gasteiger partial charge in [-0.05, 0) is 39.0 Å². The fourth-order valence-corrected chi connectivity index (χ4v) is 1.54. The minimum absolute atomic E-state index is 0.0438. The van der Waals surface area contributed by atoms with Crippen LogP contribution in [-0.2, 0) is 4.74 Å². The Balaban J connectivity index is 2.69. The first kappa shape index (κ1) is 14.3. The van der Waals surface area contributed by atoms with E-state index in [0.717, 1.165) is 0 Å². The summed E-state index contributed by atoms with van der Waals surface area (Å²) in [6, 6.07) is 3.81. The predicted octanol–water partition coefficient (Wildman–Crippen LogP) is 1.64. The number of carbonyl (C=O) groups is 1. The van der Waals surface area contributed by atoms with Crippen LogP contribution >= 0.6 is 0 Å². The number of ether oxygens (including phenoxy) is 1. The summed E-state index contributed by atoms with van der Waals surface area (Å²) in [4.78, 5) is 11.8. The summed E-state index contributed by atoms with van der Waals surface area (Å²) in [5, 5.41) is 21.5. The fraction of sp³-hybridized carbons (Fsp3) is 0.462. The number of nitrogens with one attached hydrogen (secondary N) is 1. The standard InChI is InChI=1S/C13H19NO4/c1-4-18-13(2,3)8-14-12(17)10-7-9(15)5-6-11(10)16/h5-7,15-16H,4,8H2,1-3H3,(H,14,17). The van der Waals surface area contributed by atoms with Crippen LogP contribution in [0.3, 0.4) is 0 Å². The van der Waals surface area contributed by atoms with Gasteiger partial charge in [0, 0.05) is 13.2 Å². The molecule has 1 aromatic rings. The highest BCUT2D eigenvalue weighted by Crippen LogP contribution is 2.22. The molecule has 1 aromatic carbocycles. The molecule has 0 radical (unpaired) electrons. The molecule has 0 fully saturated rings. The Bertz CT molecular complexity index is 429. The lowest BCUT2D eigenvalue weighted by molar-refractivity contribution is -0.00817. The van der Waals surface area contributed by atoms with E-state index in [1.54, 1.807) is 0 Å². The Kier molecular flexibility index (Phi) is 4.55. The Morgan fingerprint density at radius 3 is 2.67 bits per heavy atom. The summed E-state index contributed by atoms with van der Waals surface area (Å²) in [5.41, 5.74) is -0.432. The van der Waals surface area contributed by atoms with Gasteiger partial charge >= 0.3 is 0 Å². The lowest BCUT2D eigenvalue weighted by Crippen LogP contribution is -2.40. The smallest absolute Gasteiger partial charge is 0.255 e. The number of amides is 1. The van der Waals surface area contributed by atoms with Crippen molar-refractivity contribution >= 4 is 5.91 Å². The maximum absolute atomic E-state index is 11.8. The zero-order valence-corrected chi connectivity index (χ0v) is 10.9. The molecule has 0 aliphatic heterocycles. The number of hydrogen-bond acceptors (Lipinski definition) is 4. The van der Waals surface area contributed by atoms with Gasteiger partial charge in [0.15, 0.2) is 0 Å². The molecule has 0 aromatic heterocycles. The topological polar surface area (TPSA) is 78.8 Å².